The number of anilines is 1. The van der Waals surface area contributed by atoms with Crippen LogP contribution in [0.5, 0.6) is 0 Å². The molecule has 1 aliphatic rings. The van der Waals surface area contributed by atoms with E-state index in [1.165, 1.54) is 0 Å². The third kappa shape index (κ3) is 2.77. The molecule has 2 aromatic rings. The lowest BCUT2D eigenvalue weighted by molar-refractivity contribution is -0.0232. The average Bonchev–Trinajstić information content (AvgIpc) is 3.10. The van der Waals surface area contributed by atoms with E-state index in [0.29, 0.717) is 23.4 Å². The molecule has 1 N–H and O–H groups in total. The van der Waals surface area contributed by atoms with Crippen LogP contribution < -0.4 is 4.90 Å². The van der Waals surface area contributed by atoms with Gasteiger partial charge in [-0.3, -0.25) is 4.57 Å². The molecule has 23 heavy (non-hydrogen) atoms. The molecular formula is C12H15ClN8O2. The maximum Gasteiger partial charge on any atom is 0.226 e. The van der Waals surface area contributed by atoms with Crippen LogP contribution in [0.15, 0.2) is 11.4 Å². The molecule has 0 spiro atoms. The van der Waals surface area contributed by atoms with Crippen LogP contribution in [0.2, 0.25) is 5.28 Å². The van der Waals surface area contributed by atoms with E-state index in [-0.39, 0.29) is 11.9 Å². The summed E-state index contributed by atoms with van der Waals surface area (Å²) in [6.45, 7) is -0.231. The molecule has 0 aromatic carbocycles. The SMILES string of the molecule is CN(C)c1nc(Cl)nc2c1ncn2[C@H]1C[C@H](N=[N+]=[N-])[C@@H](CO)O1. The Morgan fingerprint density at radius 1 is 1.57 bits per heavy atom. The van der Waals surface area contributed by atoms with Crippen LogP contribution in [0.3, 0.4) is 0 Å². The number of azide groups is 1. The summed E-state index contributed by atoms with van der Waals surface area (Å²) >= 11 is 6.00. The van der Waals surface area contributed by atoms with Crippen molar-refractivity contribution in [1.82, 2.24) is 19.5 Å². The van der Waals surface area contributed by atoms with Crippen LogP contribution in [-0.4, -0.2) is 57.5 Å². The van der Waals surface area contributed by atoms with Crippen molar-refractivity contribution in [2.45, 2.75) is 24.8 Å². The number of nitrogens with zero attached hydrogens (tertiary/aromatic N) is 8. The summed E-state index contributed by atoms with van der Waals surface area (Å²) in [6, 6.07) is -0.446. The van der Waals surface area contributed by atoms with Gasteiger partial charge >= 0.3 is 0 Å². The molecule has 0 saturated carbocycles. The van der Waals surface area contributed by atoms with Crippen molar-refractivity contribution in [2.75, 3.05) is 25.6 Å². The number of fused-ring (bicyclic) bond motifs is 1. The zero-order valence-electron chi connectivity index (χ0n) is 12.5. The molecule has 11 heteroatoms. The van der Waals surface area contributed by atoms with Crippen molar-refractivity contribution in [2.24, 2.45) is 5.11 Å². The Morgan fingerprint density at radius 3 is 3.00 bits per heavy atom. The second kappa shape index (κ2) is 6.17. The fourth-order valence-corrected chi connectivity index (χ4v) is 2.80. The lowest BCUT2D eigenvalue weighted by Gasteiger charge is -2.15. The molecule has 2 aromatic heterocycles. The predicted octanol–water partition coefficient (Wildman–Crippen LogP) is 1.50. The third-order valence-corrected chi connectivity index (χ3v) is 3.86. The van der Waals surface area contributed by atoms with E-state index in [0.717, 1.165) is 0 Å². The van der Waals surface area contributed by atoms with Gasteiger partial charge in [-0.25, -0.2) is 4.98 Å². The van der Waals surface area contributed by atoms with Crippen LogP contribution in [0.25, 0.3) is 21.6 Å². The summed E-state index contributed by atoms with van der Waals surface area (Å²) < 4.78 is 7.47. The molecule has 1 aliphatic heterocycles. The normalized spacial score (nSPS) is 23.9. The summed E-state index contributed by atoms with van der Waals surface area (Å²) in [4.78, 5) is 17.3. The van der Waals surface area contributed by atoms with E-state index in [1.807, 2.05) is 14.1 Å². The number of aromatic nitrogens is 4. The number of halogens is 1. The Balaban J connectivity index is 2.03. The number of rotatable bonds is 4. The predicted molar refractivity (Wildman–Crippen MR) is 83.2 cm³/mol. The molecule has 3 rings (SSSR count). The minimum absolute atomic E-state index is 0.103. The van der Waals surface area contributed by atoms with Crippen molar-refractivity contribution in [1.29, 1.82) is 0 Å². The van der Waals surface area contributed by atoms with Gasteiger partial charge in [-0.05, 0) is 17.1 Å². The molecule has 10 nitrogen and oxygen atoms in total. The third-order valence-electron chi connectivity index (χ3n) is 3.69. The summed E-state index contributed by atoms with van der Waals surface area (Å²) in [5.41, 5.74) is 9.74. The largest absolute Gasteiger partial charge is 0.394 e. The zero-order valence-corrected chi connectivity index (χ0v) is 13.3. The van der Waals surface area contributed by atoms with Gasteiger partial charge in [0.05, 0.1) is 25.1 Å². The summed E-state index contributed by atoms with van der Waals surface area (Å²) in [7, 11) is 3.67. The summed E-state index contributed by atoms with van der Waals surface area (Å²) in [5.74, 6) is 0.599. The highest BCUT2D eigenvalue weighted by Crippen LogP contribution is 2.34. The minimum Gasteiger partial charge on any atom is -0.394 e. The van der Waals surface area contributed by atoms with Crippen molar-refractivity contribution < 1.29 is 9.84 Å². The van der Waals surface area contributed by atoms with E-state index < -0.39 is 18.4 Å². The highest BCUT2D eigenvalue weighted by atomic mass is 35.5. The number of hydrogen-bond acceptors (Lipinski definition) is 7. The molecule has 122 valence electrons. The Morgan fingerprint density at radius 2 is 2.35 bits per heavy atom. The van der Waals surface area contributed by atoms with Crippen molar-refractivity contribution in [3.63, 3.8) is 0 Å². The fraction of sp³-hybridized carbons (Fsp3) is 0.583. The molecule has 1 fully saturated rings. The maximum atomic E-state index is 9.37. The Bertz CT molecular complexity index is 772. The second-order valence-corrected chi connectivity index (χ2v) is 5.69. The average molecular weight is 339 g/mol. The summed E-state index contributed by atoms with van der Waals surface area (Å²) in [6.07, 6.45) is 0.993. The molecule has 3 atom stereocenters. The molecule has 0 amide bonds. The molecule has 0 radical (unpaired) electrons. The maximum absolute atomic E-state index is 9.37. The lowest BCUT2D eigenvalue weighted by Crippen LogP contribution is -2.22. The van der Waals surface area contributed by atoms with E-state index in [2.05, 4.69) is 25.0 Å². The number of ether oxygens (including phenoxy) is 1. The number of hydrogen-bond donors (Lipinski definition) is 1. The van der Waals surface area contributed by atoms with Gasteiger partial charge in [-0.1, -0.05) is 5.11 Å². The summed E-state index contributed by atoms with van der Waals surface area (Å²) in [5, 5.41) is 13.1. The minimum atomic E-state index is -0.557. The first-order valence-corrected chi connectivity index (χ1v) is 7.31. The van der Waals surface area contributed by atoms with Gasteiger partial charge in [0.15, 0.2) is 17.0 Å². The Kier molecular flexibility index (Phi) is 4.22. The van der Waals surface area contributed by atoms with E-state index in [9.17, 15) is 5.11 Å². The number of imidazole rings is 1. The first kappa shape index (κ1) is 15.8. The van der Waals surface area contributed by atoms with Crippen LogP contribution in [0, 0.1) is 0 Å². The second-order valence-electron chi connectivity index (χ2n) is 5.35. The van der Waals surface area contributed by atoms with Crippen LogP contribution >= 0.6 is 11.6 Å². The molecule has 3 heterocycles. The first-order valence-electron chi connectivity index (χ1n) is 6.93. The lowest BCUT2D eigenvalue weighted by atomic mass is 10.1. The molecule has 0 aliphatic carbocycles. The quantitative estimate of drug-likeness (QED) is 0.390. The number of aliphatic hydroxyl groups is 1. The zero-order chi connectivity index (χ0) is 16.6. The van der Waals surface area contributed by atoms with Crippen molar-refractivity contribution in [3.8, 4) is 0 Å². The van der Waals surface area contributed by atoms with E-state index in [1.54, 1.807) is 15.8 Å². The monoisotopic (exact) mass is 338 g/mol. The van der Waals surface area contributed by atoms with Crippen LogP contribution in [-0.2, 0) is 4.74 Å². The Hall–Kier alpha value is -2.13. The van der Waals surface area contributed by atoms with Gasteiger partial charge in [0.1, 0.15) is 6.23 Å². The highest BCUT2D eigenvalue weighted by molar-refractivity contribution is 6.28. The standard InChI is InChI=1S/C12H15ClN8O2/c1-20(2)10-9-11(17-12(13)16-10)21(5-15-9)8-3-6(18-19-14)7(4-22)23-8/h5-8,22H,3-4H2,1-2H3/t6-,7+,8+/m0/s1. The first-order chi connectivity index (χ1) is 11.0. The molecule has 0 unspecified atom stereocenters. The fourth-order valence-electron chi connectivity index (χ4n) is 2.64. The van der Waals surface area contributed by atoms with Crippen molar-refractivity contribution in [3.05, 3.63) is 22.1 Å². The van der Waals surface area contributed by atoms with Gasteiger partial charge in [-0.2, -0.15) is 9.97 Å². The molecule has 0 bridgehead atoms. The topological polar surface area (TPSA) is 125 Å². The van der Waals surface area contributed by atoms with Gasteiger partial charge < -0.3 is 14.7 Å². The number of aliphatic hydroxyl groups excluding tert-OH is 1. The van der Waals surface area contributed by atoms with Crippen LogP contribution in [0.4, 0.5) is 5.82 Å². The van der Waals surface area contributed by atoms with Crippen molar-refractivity contribution >= 4 is 28.6 Å². The van der Waals surface area contributed by atoms with Crippen LogP contribution in [0.1, 0.15) is 12.6 Å². The molecular weight excluding hydrogens is 324 g/mol. The smallest absolute Gasteiger partial charge is 0.226 e. The van der Waals surface area contributed by atoms with E-state index >= 15 is 0 Å². The van der Waals surface area contributed by atoms with Gasteiger partial charge in [0.25, 0.3) is 0 Å². The van der Waals surface area contributed by atoms with Gasteiger partial charge in [-0.15, -0.1) is 0 Å². The van der Waals surface area contributed by atoms with Gasteiger partial charge in [0, 0.05) is 25.4 Å². The van der Waals surface area contributed by atoms with Gasteiger partial charge in [0.2, 0.25) is 5.28 Å². The Labute approximate surface area is 136 Å². The highest BCUT2D eigenvalue weighted by Gasteiger charge is 2.36. The molecule has 1 saturated heterocycles. The van der Waals surface area contributed by atoms with E-state index in [4.69, 9.17) is 21.9 Å².